The van der Waals surface area contributed by atoms with Crippen LogP contribution in [0.1, 0.15) is 41.5 Å². The number of aliphatic imine (C=N–C) groups is 1. The highest BCUT2D eigenvalue weighted by molar-refractivity contribution is 5.79. The van der Waals surface area contributed by atoms with Gasteiger partial charge in [0, 0.05) is 26.2 Å². The molecule has 1 aliphatic heterocycles. The molecule has 8 nitrogen and oxygen atoms in total. The van der Waals surface area contributed by atoms with Crippen LogP contribution in [0.15, 0.2) is 4.99 Å². The minimum atomic E-state index is -0.522. The van der Waals surface area contributed by atoms with Gasteiger partial charge in [0.05, 0.1) is 24.8 Å². The molecule has 1 amide bonds. The molecule has 1 heterocycles. The zero-order valence-electron chi connectivity index (χ0n) is 17.4. The number of carbonyl (C=O) groups is 1. The number of hydrogen-bond acceptors (Lipinski definition) is 5. The van der Waals surface area contributed by atoms with E-state index < -0.39 is 17.2 Å². The Labute approximate surface area is 158 Å². The van der Waals surface area contributed by atoms with Gasteiger partial charge < -0.3 is 30.3 Å². The molecule has 1 fully saturated rings. The third-order valence-electron chi connectivity index (χ3n) is 3.66. The second-order valence-electron chi connectivity index (χ2n) is 8.34. The highest BCUT2D eigenvalue weighted by Gasteiger charge is 2.24. The molecule has 1 rings (SSSR count). The van der Waals surface area contributed by atoms with Crippen LogP contribution in [-0.2, 0) is 9.47 Å². The first-order valence-electron chi connectivity index (χ1n) is 9.34. The molecule has 152 valence electrons. The van der Waals surface area contributed by atoms with E-state index in [1.807, 2.05) is 41.5 Å². The molecule has 0 aromatic rings. The molecule has 0 aromatic carbocycles. The van der Waals surface area contributed by atoms with Gasteiger partial charge in [0.2, 0.25) is 0 Å². The second kappa shape index (κ2) is 9.97. The van der Waals surface area contributed by atoms with E-state index in [2.05, 4.69) is 32.9 Å². The van der Waals surface area contributed by atoms with E-state index in [-0.39, 0.29) is 6.10 Å². The highest BCUT2D eigenvalue weighted by Crippen LogP contribution is 2.10. The first kappa shape index (κ1) is 22.5. The van der Waals surface area contributed by atoms with E-state index in [1.54, 1.807) is 0 Å². The minimum absolute atomic E-state index is 0.144. The van der Waals surface area contributed by atoms with Gasteiger partial charge in [0.25, 0.3) is 0 Å². The average Bonchev–Trinajstić information content (AvgIpc) is 2.47. The van der Waals surface area contributed by atoms with Crippen molar-refractivity contribution in [3.63, 3.8) is 0 Å². The molecule has 0 bridgehead atoms. The SMILES string of the molecule is CCNC(=NCC(C)(C)NC(=O)OC(C)(C)C)NCC1CN(C)CCO1. The molecule has 1 aliphatic rings. The zero-order valence-corrected chi connectivity index (χ0v) is 17.4. The first-order chi connectivity index (χ1) is 12.0. The summed E-state index contributed by atoms with van der Waals surface area (Å²) in [6.07, 6.45) is -0.292. The van der Waals surface area contributed by atoms with Gasteiger partial charge in [0.15, 0.2) is 5.96 Å². The van der Waals surface area contributed by atoms with Crippen LogP contribution in [0.3, 0.4) is 0 Å². The van der Waals surface area contributed by atoms with Gasteiger partial charge in [-0.15, -0.1) is 0 Å². The van der Waals surface area contributed by atoms with E-state index in [1.165, 1.54) is 0 Å². The van der Waals surface area contributed by atoms with Gasteiger partial charge in [-0.05, 0) is 48.6 Å². The number of nitrogens with one attached hydrogen (secondary N) is 3. The Kier molecular flexibility index (Phi) is 8.62. The lowest BCUT2D eigenvalue weighted by atomic mass is 10.1. The van der Waals surface area contributed by atoms with Gasteiger partial charge >= 0.3 is 6.09 Å². The predicted octanol–water partition coefficient (Wildman–Crippen LogP) is 1.18. The maximum Gasteiger partial charge on any atom is 0.408 e. The van der Waals surface area contributed by atoms with Crippen LogP contribution in [0.2, 0.25) is 0 Å². The Balaban J connectivity index is 2.53. The Hall–Kier alpha value is -1.54. The van der Waals surface area contributed by atoms with Gasteiger partial charge in [-0.3, -0.25) is 4.99 Å². The Bertz CT molecular complexity index is 474. The second-order valence-corrected chi connectivity index (χ2v) is 8.34. The lowest BCUT2D eigenvalue weighted by Gasteiger charge is -2.30. The molecule has 1 saturated heterocycles. The van der Waals surface area contributed by atoms with Gasteiger partial charge in [-0.1, -0.05) is 0 Å². The number of ether oxygens (including phenoxy) is 2. The molecule has 0 saturated carbocycles. The summed E-state index contributed by atoms with van der Waals surface area (Å²) in [5.74, 6) is 0.711. The largest absolute Gasteiger partial charge is 0.444 e. The number of alkyl carbamates (subject to hydrolysis) is 1. The summed E-state index contributed by atoms with van der Waals surface area (Å²) in [4.78, 5) is 18.8. The van der Waals surface area contributed by atoms with Crippen molar-refractivity contribution in [3.8, 4) is 0 Å². The van der Waals surface area contributed by atoms with Crippen LogP contribution in [-0.4, -0.2) is 80.6 Å². The molecule has 3 N–H and O–H groups in total. The standard InChI is InChI=1S/C18H37N5O3/c1-8-19-15(20-11-14-12-23(7)9-10-25-14)21-13-18(5,6)22-16(24)26-17(2,3)4/h14H,8-13H2,1-7H3,(H,22,24)(H2,19,20,21). The number of rotatable bonds is 6. The fourth-order valence-electron chi connectivity index (χ4n) is 2.44. The quantitative estimate of drug-likeness (QED) is 0.480. The van der Waals surface area contributed by atoms with Crippen molar-refractivity contribution in [2.45, 2.75) is 58.8 Å². The summed E-state index contributed by atoms with van der Waals surface area (Å²) in [5, 5.41) is 9.41. The minimum Gasteiger partial charge on any atom is -0.444 e. The van der Waals surface area contributed by atoms with Crippen molar-refractivity contribution in [2.24, 2.45) is 4.99 Å². The summed E-state index contributed by atoms with van der Waals surface area (Å²) in [6.45, 7) is 15.9. The summed E-state index contributed by atoms with van der Waals surface area (Å²) >= 11 is 0. The number of guanidine groups is 1. The van der Waals surface area contributed by atoms with Gasteiger partial charge in [0.1, 0.15) is 5.60 Å². The van der Waals surface area contributed by atoms with Crippen LogP contribution in [0.4, 0.5) is 4.79 Å². The Morgan fingerprint density at radius 2 is 1.96 bits per heavy atom. The third-order valence-corrected chi connectivity index (χ3v) is 3.66. The maximum atomic E-state index is 12.0. The van der Waals surface area contributed by atoms with E-state index in [4.69, 9.17) is 9.47 Å². The smallest absolute Gasteiger partial charge is 0.408 e. The molecule has 8 heteroatoms. The van der Waals surface area contributed by atoms with Crippen LogP contribution >= 0.6 is 0 Å². The van der Waals surface area contributed by atoms with E-state index in [0.29, 0.717) is 19.0 Å². The number of morpholine rings is 1. The van der Waals surface area contributed by atoms with Crippen molar-refractivity contribution in [1.29, 1.82) is 0 Å². The number of likely N-dealkylation sites (N-methyl/N-ethyl adjacent to an activating group) is 1. The van der Waals surface area contributed by atoms with Crippen LogP contribution in [0.5, 0.6) is 0 Å². The number of carbonyl (C=O) groups excluding carboxylic acids is 1. The van der Waals surface area contributed by atoms with Crippen LogP contribution in [0.25, 0.3) is 0 Å². The molecule has 26 heavy (non-hydrogen) atoms. The lowest BCUT2D eigenvalue weighted by molar-refractivity contribution is -0.0161. The third kappa shape index (κ3) is 9.82. The molecule has 0 aromatic heterocycles. The van der Waals surface area contributed by atoms with Gasteiger partial charge in [-0.2, -0.15) is 0 Å². The molecule has 0 spiro atoms. The van der Waals surface area contributed by atoms with E-state index in [9.17, 15) is 4.79 Å². The van der Waals surface area contributed by atoms with Crippen LogP contribution < -0.4 is 16.0 Å². The first-order valence-corrected chi connectivity index (χ1v) is 9.34. The molecule has 1 atom stereocenters. The summed E-state index contributed by atoms with van der Waals surface area (Å²) in [6, 6.07) is 0. The normalized spacial score (nSPS) is 19.8. The fourth-order valence-corrected chi connectivity index (χ4v) is 2.44. The monoisotopic (exact) mass is 371 g/mol. The molecular formula is C18H37N5O3. The Morgan fingerprint density at radius 3 is 2.54 bits per heavy atom. The van der Waals surface area contributed by atoms with Gasteiger partial charge in [-0.25, -0.2) is 4.79 Å². The topological polar surface area (TPSA) is 87.2 Å². The van der Waals surface area contributed by atoms with E-state index >= 15 is 0 Å². The van der Waals surface area contributed by atoms with Crippen molar-refractivity contribution in [2.75, 3.05) is 46.4 Å². The number of hydrogen-bond donors (Lipinski definition) is 3. The Morgan fingerprint density at radius 1 is 1.27 bits per heavy atom. The molecular weight excluding hydrogens is 334 g/mol. The highest BCUT2D eigenvalue weighted by atomic mass is 16.6. The zero-order chi connectivity index (χ0) is 19.8. The van der Waals surface area contributed by atoms with E-state index in [0.717, 1.165) is 26.2 Å². The van der Waals surface area contributed by atoms with Crippen molar-refractivity contribution < 1.29 is 14.3 Å². The fraction of sp³-hybridized carbons (Fsp3) is 0.889. The van der Waals surface area contributed by atoms with Crippen molar-refractivity contribution in [1.82, 2.24) is 20.9 Å². The molecule has 1 unspecified atom stereocenters. The number of amides is 1. The summed E-state index contributed by atoms with van der Waals surface area (Å²) in [5.41, 5.74) is -1.04. The molecule has 0 aliphatic carbocycles. The summed E-state index contributed by atoms with van der Waals surface area (Å²) < 4.78 is 11.1. The van der Waals surface area contributed by atoms with Crippen molar-refractivity contribution >= 4 is 12.1 Å². The summed E-state index contributed by atoms with van der Waals surface area (Å²) in [7, 11) is 2.10. The average molecular weight is 372 g/mol. The predicted molar refractivity (Wildman–Crippen MR) is 105 cm³/mol. The van der Waals surface area contributed by atoms with Crippen LogP contribution in [0, 0.1) is 0 Å². The van der Waals surface area contributed by atoms with Crippen molar-refractivity contribution in [3.05, 3.63) is 0 Å². The lowest BCUT2D eigenvalue weighted by Crippen LogP contribution is -2.50. The number of nitrogens with zero attached hydrogens (tertiary/aromatic N) is 2. The maximum absolute atomic E-state index is 12.0. The molecule has 0 radical (unpaired) electrons.